The van der Waals surface area contributed by atoms with Crippen LogP contribution in [0, 0.1) is 0 Å². The predicted molar refractivity (Wildman–Crippen MR) is 100 cm³/mol. The lowest BCUT2D eigenvalue weighted by Gasteiger charge is -2.13. The molecule has 25 heavy (non-hydrogen) atoms. The maximum atomic E-state index is 13.0. The second kappa shape index (κ2) is 7.19. The normalized spacial score (nSPS) is 12.3. The summed E-state index contributed by atoms with van der Waals surface area (Å²) in [5, 5.41) is 2.49. The van der Waals surface area contributed by atoms with Crippen molar-refractivity contribution in [3.63, 3.8) is 0 Å². The second-order valence-corrected chi connectivity index (χ2v) is 6.62. The van der Waals surface area contributed by atoms with Crippen LogP contribution in [0.1, 0.15) is 32.4 Å². The van der Waals surface area contributed by atoms with Crippen molar-refractivity contribution in [1.29, 1.82) is 0 Å². The second-order valence-electron chi connectivity index (χ2n) is 5.77. The molecule has 130 valence electrons. The molecule has 3 aromatic rings. The summed E-state index contributed by atoms with van der Waals surface area (Å²) in [5.41, 5.74) is 2.85. The standard InChI is InChI=1S/C19H20N2O3S/c1-4-13-6-8-14(9-7-13)15-10-25-17-16(15)18(22)21(11-20-17)12(3)19(23)24-5-2/h6-12H,4-5H2,1-3H3/t12-/m0/s1. The van der Waals surface area contributed by atoms with E-state index < -0.39 is 12.0 Å². The third-order valence-electron chi connectivity index (χ3n) is 4.24. The molecule has 0 saturated heterocycles. The van der Waals surface area contributed by atoms with Crippen molar-refractivity contribution >= 4 is 27.5 Å². The van der Waals surface area contributed by atoms with Crippen molar-refractivity contribution < 1.29 is 9.53 Å². The van der Waals surface area contributed by atoms with E-state index in [0.29, 0.717) is 10.2 Å². The van der Waals surface area contributed by atoms with Gasteiger partial charge in [-0.25, -0.2) is 9.78 Å². The molecule has 1 atom stereocenters. The molecule has 1 aromatic carbocycles. The molecular formula is C19H20N2O3S. The first-order chi connectivity index (χ1) is 12.1. The number of carbonyl (C=O) groups excluding carboxylic acids is 1. The molecule has 0 unspecified atom stereocenters. The molecule has 0 aliphatic heterocycles. The minimum absolute atomic E-state index is 0.221. The lowest BCUT2D eigenvalue weighted by atomic mass is 10.0. The molecule has 0 amide bonds. The zero-order valence-electron chi connectivity index (χ0n) is 14.5. The minimum Gasteiger partial charge on any atom is -0.464 e. The first-order valence-corrected chi connectivity index (χ1v) is 9.19. The van der Waals surface area contributed by atoms with Gasteiger partial charge in [-0.2, -0.15) is 0 Å². The van der Waals surface area contributed by atoms with E-state index in [9.17, 15) is 9.59 Å². The number of fused-ring (bicyclic) bond motifs is 1. The molecule has 2 aromatic heterocycles. The number of carbonyl (C=O) groups is 1. The Hall–Kier alpha value is -2.47. The highest BCUT2D eigenvalue weighted by Gasteiger charge is 2.21. The van der Waals surface area contributed by atoms with Crippen molar-refractivity contribution in [1.82, 2.24) is 9.55 Å². The summed E-state index contributed by atoms with van der Waals surface area (Å²) >= 11 is 1.43. The van der Waals surface area contributed by atoms with Crippen molar-refractivity contribution in [2.45, 2.75) is 33.2 Å². The van der Waals surface area contributed by atoms with Crippen molar-refractivity contribution in [3.05, 3.63) is 51.9 Å². The fraction of sp³-hybridized carbons (Fsp3) is 0.316. The topological polar surface area (TPSA) is 61.2 Å². The van der Waals surface area contributed by atoms with E-state index in [-0.39, 0.29) is 12.2 Å². The summed E-state index contributed by atoms with van der Waals surface area (Å²) in [6.45, 7) is 5.77. The molecule has 0 fully saturated rings. The van der Waals surface area contributed by atoms with Crippen LogP contribution < -0.4 is 5.56 Å². The molecule has 0 aliphatic carbocycles. The predicted octanol–water partition coefficient (Wildman–Crippen LogP) is 3.81. The Bertz CT molecular complexity index is 957. The number of hydrogen-bond donors (Lipinski definition) is 0. The zero-order chi connectivity index (χ0) is 18.0. The number of nitrogens with zero attached hydrogens (tertiary/aromatic N) is 2. The van der Waals surface area contributed by atoms with Crippen LogP contribution in [0.3, 0.4) is 0 Å². The summed E-state index contributed by atoms with van der Waals surface area (Å²) in [7, 11) is 0. The number of thiophene rings is 1. The Morgan fingerprint density at radius 2 is 2.00 bits per heavy atom. The van der Waals surface area contributed by atoms with Crippen LogP contribution in [-0.4, -0.2) is 22.1 Å². The molecule has 0 saturated carbocycles. The van der Waals surface area contributed by atoms with Crippen LogP contribution >= 0.6 is 11.3 Å². The largest absolute Gasteiger partial charge is 0.464 e. The molecule has 0 N–H and O–H groups in total. The Labute approximate surface area is 149 Å². The van der Waals surface area contributed by atoms with Crippen LogP contribution in [0.25, 0.3) is 21.3 Å². The molecule has 0 radical (unpaired) electrons. The van der Waals surface area contributed by atoms with Gasteiger partial charge in [0.15, 0.2) is 0 Å². The number of rotatable bonds is 5. The van der Waals surface area contributed by atoms with Crippen LogP contribution in [0.15, 0.2) is 40.8 Å². The van der Waals surface area contributed by atoms with Gasteiger partial charge in [0.25, 0.3) is 5.56 Å². The number of ether oxygens (including phenoxy) is 1. The van der Waals surface area contributed by atoms with Crippen LogP contribution in [0.2, 0.25) is 0 Å². The van der Waals surface area contributed by atoms with Crippen LogP contribution in [-0.2, 0) is 16.0 Å². The first kappa shape index (κ1) is 17.4. The van der Waals surface area contributed by atoms with E-state index in [2.05, 4.69) is 24.0 Å². The summed E-state index contributed by atoms with van der Waals surface area (Å²) in [4.78, 5) is 30.0. The van der Waals surface area contributed by atoms with Gasteiger partial charge in [-0.15, -0.1) is 11.3 Å². The van der Waals surface area contributed by atoms with E-state index in [1.807, 2.05) is 17.5 Å². The smallest absolute Gasteiger partial charge is 0.328 e. The fourth-order valence-electron chi connectivity index (χ4n) is 2.73. The van der Waals surface area contributed by atoms with Crippen LogP contribution in [0.4, 0.5) is 0 Å². The molecule has 5 nitrogen and oxygen atoms in total. The highest BCUT2D eigenvalue weighted by atomic mass is 32.1. The summed E-state index contributed by atoms with van der Waals surface area (Å²) in [6, 6.07) is 7.46. The molecule has 2 heterocycles. The van der Waals surface area contributed by atoms with Gasteiger partial charge in [-0.05, 0) is 31.4 Å². The number of hydrogen-bond acceptors (Lipinski definition) is 5. The Balaban J connectivity index is 2.11. The lowest BCUT2D eigenvalue weighted by Crippen LogP contribution is -2.29. The number of benzene rings is 1. The Kier molecular flexibility index (Phi) is 4.99. The van der Waals surface area contributed by atoms with Crippen molar-refractivity contribution in [3.8, 4) is 11.1 Å². The highest BCUT2D eigenvalue weighted by molar-refractivity contribution is 7.17. The average Bonchev–Trinajstić information content (AvgIpc) is 3.07. The SMILES string of the molecule is CCOC(=O)[C@H](C)n1cnc2scc(-c3ccc(CC)cc3)c2c1=O. The molecular weight excluding hydrogens is 336 g/mol. The molecule has 3 rings (SSSR count). The van der Waals surface area contributed by atoms with E-state index in [1.54, 1.807) is 13.8 Å². The summed E-state index contributed by atoms with van der Waals surface area (Å²) in [5.74, 6) is -0.435. The number of esters is 1. The van der Waals surface area contributed by atoms with Gasteiger partial charge in [0.1, 0.15) is 10.9 Å². The van der Waals surface area contributed by atoms with E-state index in [1.165, 1.54) is 27.8 Å². The molecule has 0 aliphatic rings. The van der Waals surface area contributed by atoms with E-state index >= 15 is 0 Å². The van der Waals surface area contributed by atoms with Gasteiger partial charge in [0.2, 0.25) is 0 Å². The van der Waals surface area contributed by atoms with Crippen molar-refractivity contribution in [2.75, 3.05) is 6.61 Å². The fourth-order valence-corrected chi connectivity index (χ4v) is 3.64. The van der Waals surface area contributed by atoms with Crippen molar-refractivity contribution in [2.24, 2.45) is 0 Å². The third kappa shape index (κ3) is 3.22. The van der Waals surface area contributed by atoms with Crippen LogP contribution in [0.5, 0.6) is 0 Å². The summed E-state index contributed by atoms with van der Waals surface area (Å²) in [6.07, 6.45) is 2.39. The third-order valence-corrected chi connectivity index (χ3v) is 5.12. The average molecular weight is 356 g/mol. The maximum Gasteiger partial charge on any atom is 0.328 e. The minimum atomic E-state index is -0.709. The van der Waals surface area contributed by atoms with Gasteiger partial charge in [0, 0.05) is 10.9 Å². The van der Waals surface area contributed by atoms with E-state index in [0.717, 1.165) is 17.5 Å². The summed E-state index contributed by atoms with van der Waals surface area (Å²) < 4.78 is 6.37. The number of aryl methyl sites for hydroxylation is 1. The highest BCUT2D eigenvalue weighted by Crippen LogP contribution is 2.31. The lowest BCUT2D eigenvalue weighted by molar-refractivity contribution is -0.146. The maximum absolute atomic E-state index is 13.0. The Morgan fingerprint density at radius 1 is 1.28 bits per heavy atom. The van der Waals surface area contributed by atoms with Gasteiger partial charge < -0.3 is 4.74 Å². The van der Waals surface area contributed by atoms with Gasteiger partial charge in [-0.1, -0.05) is 31.2 Å². The zero-order valence-corrected chi connectivity index (χ0v) is 15.3. The monoisotopic (exact) mass is 356 g/mol. The van der Waals surface area contributed by atoms with E-state index in [4.69, 9.17) is 4.74 Å². The van der Waals surface area contributed by atoms with Gasteiger partial charge in [0.05, 0.1) is 18.3 Å². The van der Waals surface area contributed by atoms with Gasteiger partial charge >= 0.3 is 5.97 Å². The number of aromatic nitrogens is 2. The molecule has 0 spiro atoms. The molecule has 6 heteroatoms. The Morgan fingerprint density at radius 3 is 2.64 bits per heavy atom. The molecule has 0 bridgehead atoms. The van der Waals surface area contributed by atoms with Gasteiger partial charge in [-0.3, -0.25) is 9.36 Å². The first-order valence-electron chi connectivity index (χ1n) is 8.31. The quantitative estimate of drug-likeness (QED) is 0.652.